The summed E-state index contributed by atoms with van der Waals surface area (Å²) in [6.45, 7) is 10.4. The van der Waals surface area contributed by atoms with Crippen LogP contribution in [0.2, 0.25) is 0 Å². The molecule has 0 bridgehead atoms. The van der Waals surface area contributed by atoms with Gasteiger partial charge in [0.2, 0.25) is 10.0 Å². The minimum Gasteiger partial charge on any atom is -0.302 e. The summed E-state index contributed by atoms with van der Waals surface area (Å²) in [4.78, 5) is 16.7. The number of anilines is 2. The van der Waals surface area contributed by atoms with Crippen LogP contribution >= 0.6 is 11.3 Å². The van der Waals surface area contributed by atoms with Gasteiger partial charge in [-0.25, -0.2) is 27.8 Å². The van der Waals surface area contributed by atoms with Gasteiger partial charge in [0.1, 0.15) is 39.8 Å². The maximum absolute atomic E-state index is 13.6. The molecular weight excluding hydrogens is 598 g/mol. The van der Waals surface area contributed by atoms with E-state index in [9.17, 15) is 18.1 Å². The second kappa shape index (κ2) is 13.5. The third-order valence-electron chi connectivity index (χ3n) is 7.27. The second-order valence-electron chi connectivity index (χ2n) is 10.3. The van der Waals surface area contributed by atoms with Gasteiger partial charge in [0, 0.05) is 42.7 Å². The highest BCUT2D eigenvalue weighted by atomic mass is 32.2. The Balaban J connectivity index is 1.88. The van der Waals surface area contributed by atoms with Crippen LogP contribution in [0.15, 0.2) is 65.4 Å². The summed E-state index contributed by atoms with van der Waals surface area (Å²) in [5.41, 5.74) is 5.62. The normalized spacial score (nSPS) is 12.9. The minimum atomic E-state index is -3.44. The number of hydrogen-bond acceptors (Lipinski definition) is 8. The SMILES string of the molecule is CC/C(C)=C\C(=C/N=C(C)N(C)S(C)(=O)=O)c1ccc2nc(CC)c(N(CC)c3nc(-c4ccc(F)cc4)c(C#N)s3)n2c1. The average Bonchev–Trinajstić information content (AvgIpc) is 3.60. The van der Waals surface area contributed by atoms with Gasteiger partial charge in [0.05, 0.1) is 11.9 Å². The topological polar surface area (TPSA) is 107 Å². The van der Waals surface area contributed by atoms with Crippen molar-refractivity contribution in [3.05, 3.63) is 82.4 Å². The minimum absolute atomic E-state index is 0.344. The molecule has 0 aliphatic rings. The van der Waals surface area contributed by atoms with Crippen molar-refractivity contribution in [2.24, 2.45) is 4.99 Å². The number of allylic oxidation sites excluding steroid dienone is 3. The molecule has 0 aliphatic heterocycles. The van der Waals surface area contributed by atoms with Gasteiger partial charge in [-0.1, -0.05) is 36.8 Å². The van der Waals surface area contributed by atoms with Crippen molar-refractivity contribution in [2.45, 2.75) is 47.5 Å². The van der Waals surface area contributed by atoms with Gasteiger partial charge in [0.25, 0.3) is 0 Å². The lowest BCUT2D eigenvalue weighted by Crippen LogP contribution is -2.30. The zero-order valence-electron chi connectivity index (χ0n) is 26.0. The lowest BCUT2D eigenvalue weighted by molar-refractivity contribution is 0.558. The summed E-state index contributed by atoms with van der Waals surface area (Å²) in [6.07, 6.45) is 8.37. The Morgan fingerprint density at radius 2 is 1.84 bits per heavy atom. The molecule has 0 saturated carbocycles. The molecular formula is C32H36FN7O2S2. The zero-order chi connectivity index (χ0) is 32.2. The van der Waals surface area contributed by atoms with Gasteiger partial charge in [-0.15, -0.1) is 0 Å². The molecule has 0 atom stereocenters. The van der Waals surface area contributed by atoms with Crippen LogP contribution in [0.4, 0.5) is 15.3 Å². The average molecular weight is 634 g/mol. The first kappa shape index (κ1) is 32.6. The number of nitriles is 1. The van der Waals surface area contributed by atoms with Crippen LogP contribution < -0.4 is 4.90 Å². The summed E-state index contributed by atoms with van der Waals surface area (Å²) in [5, 5.41) is 10.5. The molecule has 4 rings (SSSR count). The number of amidine groups is 1. The van der Waals surface area contributed by atoms with Crippen LogP contribution in [0.1, 0.15) is 57.2 Å². The monoisotopic (exact) mass is 633 g/mol. The van der Waals surface area contributed by atoms with Crippen LogP contribution in [0.5, 0.6) is 0 Å². The predicted molar refractivity (Wildman–Crippen MR) is 177 cm³/mol. The van der Waals surface area contributed by atoms with Gasteiger partial charge in [0.15, 0.2) is 5.13 Å². The van der Waals surface area contributed by atoms with Crippen molar-refractivity contribution in [3.63, 3.8) is 0 Å². The fourth-order valence-electron chi connectivity index (χ4n) is 4.50. The number of aliphatic imine (C=N–C) groups is 1. The molecule has 3 heterocycles. The number of pyridine rings is 1. The summed E-state index contributed by atoms with van der Waals surface area (Å²) >= 11 is 1.28. The van der Waals surface area contributed by atoms with Gasteiger partial charge in [-0.05, 0) is 70.0 Å². The third kappa shape index (κ3) is 6.90. The number of fused-ring (bicyclic) bond motifs is 1. The van der Waals surface area contributed by atoms with E-state index >= 15 is 0 Å². The summed E-state index contributed by atoms with van der Waals surface area (Å²) in [5.74, 6) is 0.826. The molecule has 0 aliphatic carbocycles. The Labute approximate surface area is 262 Å². The molecule has 0 saturated heterocycles. The number of benzene rings is 1. The molecule has 230 valence electrons. The Morgan fingerprint density at radius 3 is 2.43 bits per heavy atom. The number of thiazole rings is 1. The van der Waals surface area contributed by atoms with Crippen LogP contribution in [0.25, 0.3) is 22.5 Å². The van der Waals surface area contributed by atoms with Crippen LogP contribution in [-0.2, 0) is 16.4 Å². The highest BCUT2D eigenvalue weighted by Gasteiger charge is 2.24. The fourth-order valence-corrected chi connectivity index (χ4v) is 5.98. The van der Waals surface area contributed by atoms with Crippen molar-refractivity contribution in [1.29, 1.82) is 5.26 Å². The molecule has 0 amide bonds. The van der Waals surface area contributed by atoms with Gasteiger partial charge in [-0.3, -0.25) is 8.71 Å². The lowest BCUT2D eigenvalue weighted by Gasteiger charge is -2.21. The van der Waals surface area contributed by atoms with E-state index in [1.54, 1.807) is 25.3 Å². The van der Waals surface area contributed by atoms with Crippen molar-refractivity contribution in [2.75, 3.05) is 24.7 Å². The maximum atomic E-state index is 13.6. The number of aromatic nitrogens is 3. The quantitative estimate of drug-likeness (QED) is 0.104. The van der Waals surface area contributed by atoms with E-state index in [0.717, 1.165) is 50.9 Å². The number of imidazole rings is 1. The standard InChI is InChI=1S/C32H36FN7O2S2/c1-8-21(4)17-25(19-35-22(5)38(6)44(7,41)42)24-13-16-29-36-27(9-2)31(40(29)20-24)39(10-3)32-37-30(28(18-34)43-32)23-11-14-26(33)15-12-23/h11-17,19-20H,8-10H2,1-7H3/b21-17-,25-19+,35-22?. The number of aryl methyl sites for hydroxylation is 1. The molecule has 3 aromatic heterocycles. The number of halogens is 1. The third-order valence-corrected chi connectivity index (χ3v) is 9.51. The van der Waals surface area contributed by atoms with Crippen LogP contribution in [-0.4, -0.2) is 52.8 Å². The Kier molecular flexibility index (Phi) is 10.0. The molecule has 1 aromatic carbocycles. The largest absolute Gasteiger partial charge is 0.302 e. The number of sulfonamides is 1. The van der Waals surface area contributed by atoms with E-state index in [1.165, 1.54) is 30.5 Å². The van der Waals surface area contributed by atoms with Gasteiger partial charge >= 0.3 is 0 Å². The van der Waals surface area contributed by atoms with E-state index in [4.69, 9.17) is 9.97 Å². The van der Waals surface area contributed by atoms with E-state index in [1.807, 2.05) is 54.5 Å². The second-order valence-corrected chi connectivity index (χ2v) is 13.2. The predicted octanol–water partition coefficient (Wildman–Crippen LogP) is 7.20. The lowest BCUT2D eigenvalue weighted by atomic mass is 10.1. The molecule has 12 heteroatoms. The first-order valence-electron chi connectivity index (χ1n) is 14.2. The smallest absolute Gasteiger partial charge is 0.232 e. The highest BCUT2D eigenvalue weighted by Crippen LogP contribution is 2.38. The molecule has 9 nitrogen and oxygen atoms in total. The molecule has 4 aromatic rings. The van der Waals surface area contributed by atoms with Gasteiger partial charge < -0.3 is 4.90 Å². The Bertz CT molecular complexity index is 1910. The Hall–Kier alpha value is -4.34. The van der Waals surface area contributed by atoms with Crippen molar-refractivity contribution >= 4 is 49.4 Å². The number of rotatable bonds is 10. The van der Waals surface area contributed by atoms with Crippen molar-refractivity contribution in [1.82, 2.24) is 18.7 Å². The maximum Gasteiger partial charge on any atom is 0.232 e. The van der Waals surface area contributed by atoms with Crippen molar-refractivity contribution in [3.8, 4) is 17.3 Å². The number of hydrogen-bond donors (Lipinski definition) is 0. The first-order valence-corrected chi connectivity index (χ1v) is 16.9. The van der Waals surface area contributed by atoms with E-state index in [2.05, 4.69) is 18.0 Å². The van der Waals surface area contributed by atoms with Gasteiger partial charge in [-0.2, -0.15) is 5.26 Å². The van der Waals surface area contributed by atoms with Crippen LogP contribution in [0, 0.1) is 17.1 Å². The first-order chi connectivity index (χ1) is 20.9. The summed E-state index contributed by atoms with van der Waals surface area (Å²) < 4.78 is 40.8. The summed E-state index contributed by atoms with van der Waals surface area (Å²) in [7, 11) is -1.97. The van der Waals surface area contributed by atoms with Crippen molar-refractivity contribution < 1.29 is 12.8 Å². The fraction of sp³-hybridized carbons (Fsp3) is 0.312. The molecule has 44 heavy (non-hydrogen) atoms. The molecule has 0 fully saturated rings. The molecule has 0 spiro atoms. The molecule has 0 N–H and O–H groups in total. The zero-order valence-corrected chi connectivity index (χ0v) is 27.6. The van der Waals surface area contributed by atoms with E-state index in [-0.39, 0.29) is 5.82 Å². The summed E-state index contributed by atoms with van der Waals surface area (Å²) in [6, 6.07) is 12.1. The Morgan fingerprint density at radius 1 is 1.14 bits per heavy atom. The van der Waals surface area contributed by atoms with Crippen LogP contribution in [0.3, 0.4) is 0 Å². The highest BCUT2D eigenvalue weighted by molar-refractivity contribution is 7.88. The molecule has 0 unspecified atom stereocenters. The van der Waals surface area contributed by atoms with E-state index in [0.29, 0.717) is 40.1 Å². The molecule has 0 radical (unpaired) electrons. The van der Waals surface area contributed by atoms with E-state index < -0.39 is 10.0 Å². The number of nitrogens with zero attached hydrogens (tertiary/aromatic N) is 7.